The second-order valence-electron chi connectivity index (χ2n) is 4.13. The summed E-state index contributed by atoms with van der Waals surface area (Å²) >= 11 is 0. The SMILES string of the molecule is CCCCCCCCC/C=C/C(=O)CC. The van der Waals surface area contributed by atoms with Gasteiger partial charge in [-0.25, -0.2) is 0 Å². The van der Waals surface area contributed by atoms with Crippen LogP contribution in [0, 0.1) is 0 Å². The number of allylic oxidation sites excluding steroid dienone is 2. The summed E-state index contributed by atoms with van der Waals surface area (Å²) in [5, 5.41) is 0. The smallest absolute Gasteiger partial charge is 0.155 e. The van der Waals surface area contributed by atoms with E-state index in [1.54, 1.807) is 6.08 Å². The highest BCUT2D eigenvalue weighted by Gasteiger charge is 1.91. The summed E-state index contributed by atoms with van der Waals surface area (Å²) in [7, 11) is 0. The van der Waals surface area contributed by atoms with E-state index in [9.17, 15) is 4.79 Å². The first-order valence-electron chi connectivity index (χ1n) is 6.50. The topological polar surface area (TPSA) is 17.1 Å². The van der Waals surface area contributed by atoms with Gasteiger partial charge in [0.25, 0.3) is 0 Å². The molecule has 0 radical (unpaired) electrons. The Labute approximate surface area is 95.0 Å². The van der Waals surface area contributed by atoms with Gasteiger partial charge in [-0.15, -0.1) is 0 Å². The molecule has 0 rings (SSSR count). The third kappa shape index (κ3) is 11.3. The first-order chi connectivity index (χ1) is 7.31. The van der Waals surface area contributed by atoms with Gasteiger partial charge in [-0.3, -0.25) is 4.79 Å². The van der Waals surface area contributed by atoms with Crippen LogP contribution in [-0.2, 0) is 4.79 Å². The van der Waals surface area contributed by atoms with Crippen LogP contribution in [-0.4, -0.2) is 5.78 Å². The lowest BCUT2D eigenvalue weighted by Gasteiger charge is -1.98. The third-order valence-corrected chi connectivity index (χ3v) is 2.63. The molecular weight excluding hydrogens is 184 g/mol. The van der Waals surface area contributed by atoms with E-state index in [0.29, 0.717) is 6.42 Å². The average molecular weight is 210 g/mol. The summed E-state index contributed by atoms with van der Waals surface area (Å²) in [5.41, 5.74) is 0. The zero-order valence-corrected chi connectivity index (χ0v) is 10.4. The van der Waals surface area contributed by atoms with Crippen molar-refractivity contribution in [2.75, 3.05) is 0 Å². The second-order valence-corrected chi connectivity index (χ2v) is 4.13. The second kappa shape index (κ2) is 11.5. The molecule has 0 N–H and O–H groups in total. The highest BCUT2D eigenvalue weighted by atomic mass is 16.1. The number of ketones is 1. The molecule has 0 fully saturated rings. The molecule has 0 aliphatic heterocycles. The van der Waals surface area contributed by atoms with Crippen molar-refractivity contribution >= 4 is 5.78 Å². The van der Waals surface area contributed by atoms with Crippen molar-refractivity contribution in [2.24, 2.45) is 0 Å². The van der Waals surface area contributed by atoms with Crippen LogP contribution in [0.2, 0.25) is 0 Å². The van der Waals surface area contributed by atoms with Gasteiger partial charge in [0, 0.05) is 6.42 Å². The van der Waals surface area contributed by atoms with Crippen LogP contribution in [0.25, 0.3) is 0 Å². The molecule has 0 aliphatic rings. The van der Waals surface area contributed by atoms with E-state index < -0.39 is 0 Å². The maximum absolute atomic E-state index is 10.9. The average Bonchev–Trinajstić information content (AvgIpc) is 2.26. The van der Waals surface area contributed by atoms with Crippen LogP contribution >= 0.6 is 0 Å². The molecule has 0 aromatic carbocycles. The molecule has 0 saturated heterocycles. The predicted octanol–water partition coefficient (Wildman–Crippen LogP) is 4.66. The molecule has 0 aliphatic carbocycles. The minimum absolute atomic E-state index is 0.248. The Kier molecular flexibility index (Phi) is 11.0. The highest BCUT2D eigenvalue weighted by Crippen LogP contribution is 2.08. The van der Waals surface area contributed by atoms with E-state index in [1.165, 1.54) is 44.9 Å². The van der Waals surface area contributed by atoms with Gasteiger partial charge in [0.1, 0.15) is 0 Å². The van der Waals surface area contributed by atoms with Crippen molar-refractivity contribution in [1.82, 2.24) is 0 Å². The molecule has 0 bridgehead atoms. The van der Waals surface area contributed by atoms with E-state index in [1.807, 2.05) is 13.0 Å². The Morgan fingerprint density at radius 1 is 0.933 bits per heavy atom. The minimum atomic E-state index is 0.248. The van der Waals surface area contributed by atoms with Crippen molar-refractivity contribution in [3.05, 3.63) is 12.2 Å². The van der Waals surface area contributed by atoms with Crippen molar-refractivity contribution in [3.63, 3.8) is 0 Å². The fraction of sp³-hybridized carbons (Fsp3) is 0.786. The molecule has 0 saturated carbocycles. The van der Waals surface area contributed by atoms with Gasteiger partial charge in [0.05, 0.1) is 0 Å². The first kappa shape index (κ1) is 14.4. The van der Waals surface area contributed by atoms with Gasteiger partial charge in [-0.1, -0.05) is 58.4 Å². The van der Waals surface area contributed by atoms with Gasteiger partial charge >= 0.3 is 0 Å². The molecule has 1 nitrogen and oxygen atoms in total. The van der Waals surface area contributed by atoms with Crippen molar-refractivity contribution in [3.8, 4) is 0 Å². The number of hydrogen-bond donors (Lipinski definition) is 0. The summed E-state index contributed by atoms with van der Waals surface area (Å²) in [6.07, 6.45) is 14.8. The molecule has 0 amide bonds. The van der Waals surface area contributed by atoms with Crippen LogP contribution in [0.3, 0.4) is 0 Å². The standard InChI is InChI=1S/C14H26O/c1-3-5-6-7-8-9-10-11-12-13-14(15)4-2/h12-13H,3-11H2,1-2H3/b13-12+. The highest BCUT2D eigenvalue weighted by molar-refractivity contribution is 5.89. The first-order valence-corrected chi connectivity index (χ1v) is 6.50. The fourth-order valence-corrected chi connectivity index (χ4v) is 1.55. The number of hydrogen-bond acceptors (Lipinski definition) is 1. The summed E-state index contributed by atoms with van der Waals surface area (Å²) in [4.78, 5) is 10.9. The molecule has 0 aromatic heterocycles. The molecule has 0 unspecified atom stereocenters. The van der Waals surface area contributed by atoms with E-state index in [4.69, 9.17) is 0 Å². The van der Waals surface area contributed by atoms with Crippen LogP contribution < -0.4 is 0 Å². The Balaban J connectivity index is 3.11. The zero-order valence-electron chi connectivity index (χ0n) is 10.4. The molecule has 0 atom stereocenters. The molecular formula is C14H26O. The number of rotatable bonds is 10. The summed E-state index contributed by atoms with van der Waals surface area (Å²) < 4.78 is 0. The monoisotopic (exact) mass is 210 g/mol. The quantitative estimate of drug-likeness (QED) is 0.378. The van der Waals surface area contributed by atoms with E-state index in [-0.39, 0.29) is 5.78 Å². The van der Waals surface area contributed by atoms with Crippen LogP contribution in [0.4, 0.5) is 0 Å². The third-order valence-electron chi connectivity index (χ3n) is 2.63. The van der Waals surface area contributed by atoms with Gasteiger partial charge in [0.2, 0.25) is 0 Å². The van der Waals surface area contributed by atoms with E-state index in [0.717, 1.165) is 6.42 Å². The molecule has 1 heteroatoms. The molecule has 0 spiro atoms. The van der Waals surface area contributed by atoms with Crippen LogP contribution in [0.15, 0.2) is 12.2 Å². The molecule has 15 heavy (non-hydrogen) atoms. The molecule has 88 valence electrons. The number of carbonyl (C=O) groups excluding carboxylic acids is 1. The summed E-state index contributed by atoms with van der Waals surface area (Å²) in [5.74, 6) is 0.248. The molecule has 0 aromatic rings. The fourth-order valence-electron chi connectivity index (χ4n) is 1.55. The largest absolute Gasteiger partial charge is 0.295 e. The van der Waals surface area contributed by atoms with Gasteiger partial charge < -0.3 is 0 Å². The maximum atomic E-state index is 10.9. The number of unbranched alkanes of at least 4 members (excludes halogenated alkanes) is 7. The minimum Gasteiger partial charge on any atom is -0.295 e. The van der Waals surface area contributed by atoms with Crippen molar-refractivity contribution in [1.29, 1.82) is 0 Å². The van der Waals surface area contributed by atoms with E-state index in [2.05, 4.69) is 6.92 Å². The van der Waals surface area contributed by atoms with Gasteiger partial charge in [0.15, 0.2) is 5.78 Å². The summed E-state index contributed by atoms with van der Waals surface area (Å²) in [6.45, 7) is 4.15. The maximum Gasteiger partial charge on any atom is 0.155 e. The lowest BCUT2D eigenvalue weighted by molar-refractivity contribution is -0.114. The van der Waals surface area contributed by atoms with Crippen molar-refractivity contribution < 1.29 is 4.79 Å². The molecule has 0 heterocycles. The van der Waals surface area contributed by atoms with E-state index >= 15 is 0 Å². The lowest BCUT2D eigenvalue weighted by Crippen LogP contribution is -1.86. The van der Waals surface area contributed by atoms with Gasteiger partial charge in [-0.2, -0.15) is 0 Å². The summed E-state index contributed by atoms with van der Waals surface area (Å²) in [6, 6.07) is 0. The predicted molar refractivity (Wildman–Crippen MR) is 67.0 cm³/mol. The lowest BCUT2D eigenvalue weighted by atomic mass is 10.1. The zero-order chi connectivity index (χ0) is 11.4. The Hall–Kier alpha value is -0.590. The number of carbonyl (C=O) groups is 1. The van der Waals surface area contributed by atoms with Crippen molar-refractivity contribution in [2.45, 2.75) is 71.6 Å². The normalized spacial score (nSPS) is 11.1. The Morgan fingerprint density at radius 3 is 2.13 bits per heavy atom. The van der Waals surface area contributed by atoms with Crippen LogP contribution in [0.5, 0.6) is 0 Å². The van der Waals surface area contributed by atoms with Crippen LogP contribution in [0.1, 0.15) is 71.6 Å². The van der Waals surface area contributed by atoms with Gasteiger partial charge in [-0.05, 0) is 18.9 Å². The Morgan fingerprint density at radius 2 is 1.53 bits per heavy atom. The Bertz CT molecular complexity index is 170.